The predicted octanol–water partition coefficient (Wildman–Crippen LogP) is 2.54. The summed E-state index contributed by atoms with van der Waals surface area (Å²) in [5, 5.41) is 3.19. The van der Waals surface area contributed by atoms with Gasteiger partial charge in [0.2, 0.25) is 0 Å². The first kappa shape index (κ1) is 14.2. The van der Waals surface area contributed by atoms with Gasteiger partial charge in [-0.2, -0.15) is 0 Å². The zero-order chi connectivity index (χ0) is 13.5. The van der Waals surface area contributed by atoms with Crippen LogP contribution in [-0.4, -0.2) is 30.5 Å². The van der Waals surface area contributed by atoms with Gasteiger partial charge in [-0.3, -0.25) is 4.98 Å². The summed E-state index contributed by atoms with van der Waals surface area (Å²) >= 11 is 1.89. The first-order valence-electron chi connectivity index (χ1n) is 6.57. The van der Waals surface area contributed by atoms with Gasteiger partial charge in [0.25, 0.3) is 0 Å². The van der Waals surface area contributed by atoms with Gasteiger partial charge in [-0.1, -0.05) is 0 Å². The van der Waals surface area contributed by atoms with Gasteiger partial charge in [0.05, 0.1) is 0 Å². The number of hydrogen-bond acceptors (Lipinski definition) is 4. The fourth-order valence-electron chi connectivity index (χ4n) is 1.99. The van der Waals surface area contributed by atoms with E-state index < -0.39 is 0 Å². The van der Waals surface area contributed by atoms with Crippen molar-refractivity contribution < 1.29 is 0 Å². The summed E-state index contributed by atoms with van der Waals surface area (Å²) < 4.78 is 0. The highest BCUT2D eigenvalue weighted by Crippen LogP contribution is 2.17. The Kier molecular flexibility index (Phi) is 5.51. The standard InChI is InChI=1S/C15H21N3S/c1-16-11-14-3-4-15(19-14)12-18(2)10-7-13-5-8-17-9-6-13/h3-6,8-9,16H,7,10-12H2,1-2H3. The molecule has 0 saturated heterocycles. The summed E-state index contributed by atoms with van der Waals surface area (Å²) in [5.74, 6) is 0. The minimum Gasteiger partial charge on any atom is -0.315 e. The van der Waals surface area contributed by atoms with E-state index in [9.17, 15) is 0 Å². The van der Waals surface area contributed by atoms with E-state index in [1.54, 1.807) is 0 Å². The molecule has 0 radical (unpaired) electrons. The number of nitrogens with one attached hydrogen (secondary N) is 1. The maximum atomic E-state index is 4.04. The summed E-state index contributed by atoms with van der Waals surface area (Å²) in [6.07, 6.45) is 4.80. The summed E-state index contributed by atoms with van der Waals surface area (Å²) in [6, 6.07) is 8.63. The van der Waals surface area contributed by atoms with Crippen LogP contribution >= 0.6 is 11.3 Å². The zero-order valence-electron chi connectivity index (χ0n) is 11.6. The van der Waals surface area contributed by atoms with Crippen molar-refractivity contribution in [2.45, 2.75) is 19.5 Å². The molecule has 4 heteroatoms. The Hall–Kier alpha value is -1.23. The van der Waals surface area contributed by atoms with Crippen LogP contribution in [0.15, 0.2) is 36.7 Å². The minimum atomic E-state index is 0.964. The van der Waals surface area contributed by atoms with E-state index in [1.807, 2.05) is 30.8 Å². The van der Waals surface area contributed by atoms with Gasteiger partial charge in [0, 0.05) is 41.8 Å². The van der Waals surface area contributed by atoms with E-state index in [2.05, 4.69) is 46.5 Å². The number of aromatic nitrogens is 1. The highest BCUT2D eigenvalue weighted by Gasteiger charge is 2.04. The average Bonchev–Trinajstić information content (AvgIpc) is 2.85. The Morgan fingerprint density at radius 2 is 1.89 bits per heavy atom. The molecule has 0 unspecified atom stereocenters. The molecular formula is C15H21N3S. The van der Waals surface area contributed by atoms with Gasteiger partial charge >= 0.3 is 0 Å². The van der Waals surface area contributed by atoms with Crippen LogP contribution in [0.5, 0.6) is 0 Å². The van der Waals surface area contributed by atoms with E-state index in [4.69, 9.17) is 0 Å². The second kappa shape index (κ2) is 7.38. The first-order chi connectivity index (χ1) is 9.28. The maximum Gasteiger partial charge on any atom is 0.0325 e. The molecule has 0 saturated carbocycles. The van der Waals surface area contributed by atoms with Crippen LogP contribution in [0.4, 0.5) is 0 Å². The Labute approximate surface area is 119 Å². The number of hydrogen-bond donors (Lipinski definition) is 1. The molecule has 1 N–H and O–H groups in total. The molecule has 2 heterocycles. The van der Waals surface area contributed by atoms with Crippen molar-refractivity contribution in [3.8, 4) is 0 Å². The number of nitrogens with zero attached hydrogens (tertiary/aromatic N) is 2. The van der Waals surface area contributed by atoms with Gasteiger partial charge in [-0.25, -0.2) is 0 Å². The maximum absolute atomic E-state index is 4.04. The van der Waals surface area contributed by atoms with Gasteiger partial charge in [-0.05, 0) is 50.3 Å². The highest BCUT2D eigenvalue weighted by atomic mass is 32.1. The van der Waals surface area contributed by atoms with Crippen molar-refractivity contribution in [2.24, 2.45) is 0 Å². The summed E-state index contributed by atoms with van der Waals surface area (Å²) in [5.41, 5.74) is 1.35. The van der Waals surface area contributed by atoms with Gasteiger partial charge in [-0.15, -0.1) is 11.3 Å². The van der Waals surface area contributed by atoms with E-state index in [0.717, 1.165) is 26.1 Å². The predicted molar refractivity (Wildman–Crippen MR) is 81.4 cm³/mol. The molecule has 0 aliphatic rings. The van der Waals surface area contributed by atoms with Crippen molar-refractivity contribution in [3.63, 3.8) is 0 Å². The van der Waals surface area contributed by atoms with E-state index in [-0.39, 0.29) is 0 Å². The summed E-state index contributed by atoms with van der Waals surface area (Å²) in [6.45, 7) is 3.06. The first-order valence-corrected chi connectivity index (χ1v) is 7.39. The van der Waals surface area contributed by atoms with Crippen molar-refractivity contribution >= 4 is 11.3 Å². The molecule has 0 aliphatic carbocycles. The molecule has 0 bridgehead atoms. The fourth-order valence-corrected chi connectivity index (χ4v) is 3.10. The zero-order valence-corrected chi connectivity index (χ0v) is 12.4. The quantitative estimate of drug-likeness (QED) is 0.841. The molecule has 0 amide bonds. The fraction of sp³-hybridized carbons (Fsp3) is 0.400. The minimum absolute atomic E-state index is 0.964. The molecule has 2 aromatic rings. The van der Waals surface area contributed by atoms with Crippen molar-refractivity contribution in [1.82, 2.24) is 15.2 Å². The molecule has 2 rings (SSSR count). The average molecular weight is 275 g/mol. The van der Waals surface area contributed by atoms with Crippen molar-refractivity contribution in [1.29, 1.82) is 0 Å². The lowest BCUT2D eigenvalue weighted by atomic mass is 10.2. The lowest BCUT2D eigenvalue weighted by molar-refractivity contribution is 0.334. The van der Waals surface area contributed by atoms with E-state index in [0.29, 0.717) is 0 Å². The lowest BCUT2D eigenvalue weighted by Gasteiger charge is -2.15. The molecule has 19 heavy (non-hydrogen) atoms. The molecule has 0 fully saturated rings. The monoisotopic (exact) mass is 275 g/mol. The number of rotatable bonds is 7. The third-order valence-corrected chi connectivity index (χ3v) is 4.10. The van der Waals surface area contributed by atoms with Crippen LogP contribution in [0.25, 0.3) is 0 Å². The molecule has 0 spiro atoms. The topological polar surface area (TPSA) is 28.2 Å². The summed E-state index contributed by atoms with van der Waals surface area (Å²) in [7, 11) is 4.17. The third kappa shape index (κ3) is 4.74. The molecular weight excluding hydrogens is 254 g/mol. The third-order valence-electron chi connectivity index (χ3n) is 3.03. The Balaban J connectivity index is 1.78. The van der Waals surface area contributed by atoms with Crippen molar-refractivity contribution in [3.05, 3.63) is 52.0 Å². The molecule has 0 atom stereocenters. The van der Waals surface area contributed by atoms with Gasteiger partial charge in [0.1, 0.15) is 0 Å². The van der Waals surface area contributed by atoms with Crippen LogP contribution in [0.3, 0.4) is 0 Å². The van der Waals surface area contributed by atoms with Gasteiger partial charge in [0.15, 0.2) is 0 Å². The highest BCUT2D eigenvalue weighted by molar-refractivity contribution is 7.11. The normalized spacial score (nSPS) is 11.1. The van der Waals surface area contributed by atoms with Crippen LogP contribution < -0.4 is 5.32 Å². The van der Waals surface area contributed by atoms with Crippen LogP contribution in [0, 0.1) is 0 Å². The molecule has 0 aliphatic heterocycles. The van der Waals surface area contributed by atoms with Crippen LogP contribution in [-0.2, 0) is 19.5 Å². The van der Waals surface area contributed by atoms with Crippen molar-refractivity contribution in [2.75, 3.05) is 20.6 Å². The Morgan fingerprint density at radius 1 is 1.16 bits per heavy atom. The molecule has 102 valence electrons. The second-order valence-corrected chi connectivity index (χ2v) is 5.99. The molecule has 0 aromatic carbocycles. The largest absolute Gasteiger partial charge is 0.315 e. The molecule has 3 nitrogen and oxygen atoms in total. The SMILES string of the molecule is CNCc1ccc(CN(C)CCc2ccncc2)s1. The number of pyridine rings is 1. The summed E-state index contributed by atoms with van der Waals surface area (Å²) in [4.78, 5) is 9.25. The Bertz CT molecular complexity index is 481. The van der Waals surface area contributed by atoms with Crippen LogP contribution in [0.2, 0.25) is 0 Å². The van der Waals surface area contributed by atoms with Gasteiger partial charge < -0.3 is 10.2 Å². The lowest BCUT2D eigenvalue weighted by Crippen LogP contribution is -2.20. The molecule has 2 aromatic heterocycles. The number of thiophene rings is 1. The number of likely N-dealkylation sites (N-methyl/N-ethyl adjacent to an activating group) is 1. The Morgan fingerprint density at radius 3 is 2.63 bits per heavy atom. The smallest absolute Gasteiger partial charge is 0.0325 e. The van der Waals surface area contributed by atoms with Crippen LogP contribution in [0.1, 0.15) is 15.3 Å². The van der Waals surface area contributed by atoms with E-state index >= 15 is 0 Å². The second-order valence-electron chi connectivity index (χ2n) is 4.74. The van der Waals surface area contributed by atoms with E-state index in [1.165, 1.54) is 15.3 Å².